The van der Waals surface area contributed by atoms with Crippen LogP contribution in [0.3, 0.4) is 0 Å². The van der Waals surface area contributed by atoms with Crippen LogP contribution in [-0.4, -0.2) is 75.5 Å². The van der Waals surface area contributed by atoms with E-state index >= 15 is 0 Å². The molecule has 0 aromatic rings. The van der Waals surface area contributed by atoms with E-state index in [1.165, 1.54) is 0 Å². The average Bonchev–Trinajstić information content (AvgIpc) is 1.90. The molecule has 1 aliphatic rings. The van der Waals surface area contributed by atoms with E-state index in [2.05, 4.69) is 5.32 Å². The molecule has 1 unspecified atom stereocenters. The van der Waals surface area contributed by atoms with E-state index < -0.39 is 5.97 Å². The Morgan fingerprint density at radius 1 is 1.60 bits per heavy atom. The van der Waals surface area contributed by atoms with Gasteiger partial charge in [0.2, 0.25) is 0 Å². The van der Waals surface area contributed by atoms with Gasteiger partial charge in [0.1, 0.15) is 0 Å². The number of carboxylic acid groups (broad SMARTS) is 1. The van der Waals surface area contributed by atoms with Crippen molar-refractivity contribution in [2.45, 2.75) is 12.8 Å². The van der Waals surface area contributed by atoms with Crippen molar-refractivity contribution in [2.24, 2.45) is 5.92 Å². The van der Waals surface area contributed by atoms with Gasteiger partial charge in [0.05, 0.1) is 5.92 Å². The Morgan fingerprint density at radius 2 is 2.30 bits per heavy atom. The van der Waals surface area contributed by atoms with E-state index in [4.69, 9.17) is 5.11 Å². The molecule has 10 heavy (non-hydrogen) atoms. The maximum atomic E-state index is 10.3. The van der Waals surface area contributed by atoms with Gasteiger partial charge >= 0.3 is 57.4 Å². The van der Waals surface area contributed by atoms with Gasteiger partial charge in [-0.3, -0.25) is 4.79 Å². The number of piperidine rings is 1. The zero-order chi connectivity index (χ0) is 6.69. The van der Waals surface area contributed by atoms with Gasteiger partial charge in [0, 0.05) is 6.54 Å². The molecular formula is C6H12KNO2. The zero-order valence-corrected chi connectivity index (χ0v) is 5.26. The van der Waals surface area contributed by atoms with Crippen LogP contribution < -0.4 is 5.32 Å². The Hall–Kier alpha value is 1.07. The number of rotatable bonds is 1. The number of nitrogens with one attached hydrogen (secondary N) is 1. The molecule has 4 heteroatoms. The Balaban J connectivity index is 0.000000810. The van der Waals surface area contributed by atoms with Gasteiger partial charge in [-0.1, -0.05) is 0 Å². The summed E-state index contributed by atoms with van der Waals surface area (Å²) in [6, 6.07) is 0. The van der Waals surface area contributed by atoms with Crippen LogP contribution >= 0.6 is 0 Å². The summed E-state index contributed by atoms with van der Waals surface area (Å²) in [5.41, 5.74) is 0. The summed E-state index contributed by atoms with van der Waals surface area (Å²) in [5, 5.41) is 11.5. The number of hydrogen-bond acceptors (Lipinski definition) is 2. The van der Waals surface area contributed by atoms with Crippen LogP contribution in [0.2, 0.25) is 0 Å². The predicted molar refractivity (Wildman–Crippen MR) is 40.4 cm³/mol. The Kier molecular flexibility index (Phi) is 6.29. The van der Waals surface area contributed by atoms with Crippen molar-refractivity contribution in [3.63, 3.8) is 0 Å². The van der Waals surface area contributed by atoms with E-state index in [1.54, 1.807) is 0 Å². The fourth-order valence-electron chi connectivity index (χ4n) is 1.06. The van der Waals surface area contributed by atoms with Crippen molar-refractivity contribution in [2.75, 3.05) is 13.1 Å². The van der Waals surface area contributed by atoms with Crippen molar-refractivity contribution in [1.29, 1.82) is 0 Å². The molecule has 0 saturated carbocycles. The maximum absolute atomic E-state index is 10.3. The third-order valence-electron chi connectivity index (χ3n) is 1.65. The van der Waals surface area contributed by atoms with Gasteiger partial charge in [-0.15, -0.1) is 0 Å². The van der Waals surface area contributed by atoms with E-state index in [-0.39, 0.29) is 57.3 Å². The summed E-state index contributed by atoms with van der Waals surface area (Å²) < 4.78 is 0. The average molecular weight is 169 g/mol. The third-order valence-corrected chi connectivity index (χ3v) is 1.65. The molecule has 2 N–H and O–H groups in total. The SMILES string of the molecule is O=C(O)C1CCCNC1.[KH]. The Morgan fingerprint density at radius 3 is 2.60 bits per heavy atom. The van der Waals surface area contributed by atoms with E-state index in [0.717, 1.165) is 19.4 Å². The second-order valence-electron chi connectivity index (χ2n) is 2.38. The van der Waals surface area contributed by atoms with Crippen LogP contribution in [-0.2, 0) is 4.79 Å². The van der Waals surface area contributed by atoms with Crippen LogP contribution in [0.1, 0.15) is 12.8 Å². The Bertz CT molecular complexity index is 112. The molecule has 3 nitrogen and oxygen atoms in total. The standard InChI is InChI=1S/C6H11NO2.K.H/c8-6(9)5-2-1-3-7-4-5;;/h5,7H,1-4H2,(H,8,9);;. The van der Waals surface area contributed by atoms with Gasteiger partial charge in [-0.05, 0) is 19.4 Å². The fourth-order valence-corrected chi connectivity index (χ4v) is 1.06. The molecule has 1 heterocycles. The number of hydrogen-bond donors (Lipinski definition) is 2. The molecule has 1 rings (SSSR count). The van der Waals surface area contributed by atoms with Gasteiger partial charge in [-0.2, -0.15) is 0 Å². The second-order valence-corrected chi connectivity index (χ2v) is 2.38. The minimum absolute atomic E-state index is 0. The summed E-state index contributed by atoms with van der Waals surface area (Å²) >= 11 is 0. The van der Waals surface area contributed by atoms with Crippen molar-refractivity contribution in [1.82, 2.24) is 5.32 Å². The molecule has 1 aliphatic heterocycles. The molecule has 54 valence electrons. The number of carboxylic acids is 1. The Labute approximate surface area is 103 Å². The van der Waals surface area contributed by atoms with Gasteiger partial charge in [0.15, 0.2) is 0 Å². The summed E-state index contributed by atoms with van der Waals surface area (Å²) in [6.07, 6.45) is 1.83. The van der Waals surface area contributed by atoms with E-state index in [9.17, 15) is 4.79 Å². The monoisotopic (exact) mass is 169 g/mol. The first-order valence-corrected chi connectivity index (χ1v) is 3.24. The quantitative estimate of drug-likeness (QED) is 0.516. The van der Waals surface area contributed by atoms with Crippen LogP contribution in [0.25, 0.3) is 0 Å². The second kappa shape index (κ2) is 5.68. The molecule has 0 aliphatic carbocycles. The summed E-state index contributed by atoms with van der Waals surface area (Å²) in [6.45, 7) is 1.62. The van der Waals surface area contributed by atoms with Crippen molar-refractivity contribution in [3.05, 3.63) is 0 Å². The summed E-state index contributed by atoms with van der Waals surface area (Å²) in [5.74, 6) is -0.805. The molecule has 0 spiro atoms. The van der Waals surface area contributed by atoms with Gasteiger partial charge in [-0.25, -0.2) is 0 Å². The van der Waals surface area contributed by atoms with Crippen molar-refractivity contribution in [3.8, 4) is 0 Å². The molecule has 1 atom stereocenters. The normalized spacial score (nSPS) is 25.0. The third kappa shape index (κ3) is 3.46. The summed E-state index contributed by atoms with van der Waals surface area (Å²) in [4.78, 5) is 10.3. The number of carbonyl (C=O) groups is 1. The van der Waals surface area contributed by atoms with Crippen molar-refractivity contribution >= 4 is 57.4 Å². The first kappa shape index (κ1) is 11.1. The first-order valence-electron chi connectivity index (χ1n) is 3.24. The molecule has 0 amide bonds. The fraction of sp³-hybridized carbons (Fsp3) is 0.833. The van der Waals surface area contributed by atoms with Crippen LogP contribution in [0, 0.1) is 5.92 Å². The van der Waals surface area contributed by atoms with Crippen molar-refractivity contribution < 1.29 is 9.90 Å². The number of aliphatic carboxylic acids is 1. The van der Waals surface area contributed by atoms with E-state index in [0.29, 0.717) is 6.54 Å². The van der Waals surface area contributed by atoms with Gasteiger partial charge in [0.25, 0.3) is 0 Å². The topological polar surface area (TPSA) is 49.3 Å². The predicted octanol–water partition coefficient (Wildman–Crippen LogP) is -0.578. The molecular weight excluding hydrogens is 157 g/mol. The summed E-state index contributed by atoms with van der Waals surface area (Å²) in [7, 11) is 0. The molecule has 0 aromatic carbocycles. The van der Waals surface area contributed by atoms with E-state index in [1.807, 2.05) is 0 Å². The minimum atomic E-state index is -0.665. The zero-order valence-electron chi connectivity index (χ0n) is 5.26. The molecule has 0 radical (unpaired) electrons. The molecule has 0 aromatic heterocycles. The molecule has 0 bridgehead atoms. The molecule has 1 fully saturated rings. The van der Waals surface area contributed by atoms with Crippen LogP contribution in [0.5, 0.6) is 0 Å². The van der Waals surface area contributed by atoms with Crippen LogP contribution in [0.4, 0.5) is 0 Å². The van der Waals surface area contributed by atoms with Crippen LogP contribution in [0.15, 0.2) is 0 Å². The first-order chi connectivity index (χ1) is 4.30. The van der Waals surface area contributed by atoms with Gasteiger partial charge < -0.3 is 10.4 Å². The molecule has 1 saturated heterocycles.